The van der Waals surface area contributed by atoms with E-state index < -0.39 is 0 Å². The zero-order chi connectivity index (χ0) is 14.7. The van der Waals surface area contributed by atoms with E-state index in [2.05, 4.69) is 22.0 Å². The summed E-state index contributed by atoms with van der Waals surface area (Å²) in [6, 6.07) is 0.0449. The molecule has 3 fully saturated rings. The van der Waals surface area contributed by atoms with Crippen LogP contribution in [0.4, 0.5) is 0 Å². The normalized spacial score (nSPS) is 35.1. The SMILES string of the molecule is CC1CCCNC1C(=O)N1CCN(CC2CCCO2)CC1. The highest BCUT2D eigenvalue weighted by molar-refractivity contribution is 5.82. The Kier molecular flexibility index (Phi) is 5.14. The van der Waals surface area contributed by atoms with Crippen LogP contribution in [0.2, 0.25) is 0 Å². The first-order chi connectivity index (χ1) is 10.2. The van der Waals surface area contributed by atoms with Crippen molar-refractivity contribution in [3.63, 3.8) is 0 Å². The standard InChI is InChI=1S/C16H29N3O2/c1-13-4-2-6-17-15(13)16(20)19-9-7-18(8-10-19)12-14-5-3-11-21-14/h13-15,17H,2-12H2,1H3. The fourth-order valence-electron chi connectivity index (χ4n) is 3.80. The van der Waals surface area contributed by atoms with E-state index in [9.17, 15) is 4.79 Å². The van der Waals surface area contributed by atoms with Crippen LogP contribution in [0.1, 0.15) is 32.6 Å². The Morgan fingerprint density at radius 1 is 1.19 bits per heavy atom. The first kappa shape index (κ1) is 15.3. The van der Waals surface area contributed by atoms with Crippen molar-refractivity contribution >= 4 is 5.91 Å². The summed E-state index contributed by atoms with van der Waals surface area (Å²) in [6.07, 6.45) is 5.19. The number of hydrogen-bond acceptors (Lipinski definition) is 4. The zero-order valence-corrected chi connectivity index (χ0v) is 13.2. The van der Waals surface area contributed by atoms with E-state index in [-0.39, 0.29) is 6.04 Å². The van der Waals surface area contributed by atoms with Crippen LogP contribution in [0.25, 0.3) is 0 Å². The van der Waals surface area contributed by atoms with Gasteiger partial charge in [-0.2, -0.15) is 0 Å². The maximum absolute atomic E-state index is 12.6. The molecule has 0 aliphatic carbocycles. The van der Waals surface area contributed by atoms with E-state index in [0.717, 1.165) is 45.9 Å². The van der Waals surface area contributed by atoms with Crippen molar-refractivity contribution in [2.24, 2.45) is 5.92 Å². The van der Waals surface area contributed by atoms with Crippen molar-refractivity contribution in [3.8, 4) is 0 Å². The first-order valence-corrected chi connectivity index (χ1v) is 8.60. The van der Waals surface area contributed by atoms with Crippen LogP contribution < -0.4 is 5.32 Å². The van der Waals surface area contributed by atoms with Gasteiger partial charge in [-0.25, -0.2) is 0 Å². The third-order valence-electron chi connectivity index (χ3n) is 5.21. The van der Waals surface area contributed by atoms with Crippen LogP contribution in [0, 0.1) is 5.92 Å². The van der Waals surface area contributed by atoms with Crippen LogP contribution in [-0.2, 0) is 9.53 Å². The van der Waals surface area contributed by atoms with Gasteiger partial charge in [-0.05, 0) is 38.1 Å². The molecular formula is C16H29N3O2. The molecule has 0 bridgehead atoms. The highest BCUT2D eigenvalue weighted by Crippen LogP contribution is 2.19. The summed E-state index contributed by atoms with van der Waals surface area (Å²) >= 11 is 0. The molecule has 0 aromatic carbocycles. The number of rotatable bonds is 3. The number of amides is 1. The monoisotopic (exact) mass is 295 g/mol. The fraction of sp³-hybridized carbons (Fsp3) is 0.938. The van der Waals surface area contributed by atoms with Gasteiger partial charge in [0.1, 0.15) is 0 Å². The molecule has 3 rings (SSSR count). The lowest BCUT2D eigenvalue weighted by Crippen LogP contribution is -2.57. The molecule has 1 N–H and O–H groups in total. The molecule has 0 aromatic heterocycles. The predicted octanol–water partition coefficient (Wildman–Crippen LogP) is 0.698. The quantitative estimate of drug-likeness (QED) is 0.832. The number of piperidine rings is 1. The van der Waals surface area contributed by atoms with Gasteiger partial charge < -0.3 is 15.0 Å². The summed E-state index contributed by atoms with van der Waals surface area (Å²) in [7, 11) is 0. The summed E-state index contributed by atoms with van der Waals surface area (Å²) in [5, 5.41) is 3.41. The van der Waals surface area contributed by atoms with Crippen molar-refractivity contribution in [1.82, 2.24) is 15.1 Å². The highest BCUT2D eigenvalue weighted by Gasteiger charge is 2.32. The molecule has 3 atom stereocenters. The summed E-state index contributed by atoms with van der Waals surface area (Å²) < 4.78 is 5.71. The Morgan fingerprint density at radius 2 is 2.00 bits per heavy atom. The minimum atomic E-state index is 0.0449. The van der Waals surface area contributed by atoms with Gasteiger partial charge in [0.2, 0.25) is 5.91 Å². The summed E-state index contributed by atoms with van der Waals surface area (Å²) in [4.78, 5) is 17.2. The summed E-state index contributed by atoms with van der Waals surface area (Å²) in [5.41, 5.74) is 0. The van der Waals surface area contributed by atoms with E-state index >= 15 is 0 Å². The molecule has 3 aliphatic rings. The van der Waals surface area contributed by atoms with Gasteiger partial charge in [-0.3, -0.25) is 9.69 Å². The molecule has 3 saturated heterocycles. The number of nitrogens with zero attached hydrogens (tertiary/aromatic N) is 2. The Hall–Kier alpha value is -0.650. The minimum absolute atomic E-state index is 0.0449. The van der Waals surface area contributed by atoms with E-state index in [1.807, 2.05) is 0 Å². The van der Waals surface area contributed by atoms with E-state index in [1.165, 1.54) is 25.7 Å². The smallest absolute Gasteiger partial charge is 0.240 e. The fourth-order valence-corrected chi connectivity index (χ4v) is 3.80. The molecule has 0 radical (unpaired) electrons. The second kappa shape index (κ2) is 7.07. The van der Waals surface area contributed by atoms with E-state index in [0.29, 0.717) is 17.9 Å². The molecule has 3 aliphatic heterocycles. The average Bonchev–Trinajstić information content (AvgIpc) is 3.01. The number of carbonyl (C=O) groups is 1. The molecule has 0 aromatic rings. The summed E-state index contributed by atoms with van der Waals surface area (Å²) in [5.74, 6) is 0.787. The maximum Gasteiger partial charge on any atom is 0.240 e. The van der Waals surface area contributed by atoms with Crippen LogP contribution in [0.5, 0.6) is 0 Å². The molecule has 5 nitrogen and oxygen atoms in total. The Balaban J connectivity index is 1.45. The Labute approximate surface area is 128 Å². The van der Waals surface area contributed by atoms with Crippen molar-refractivity contribution < 1.29 is 9.53 Å². The third kappa shape index (κ3) is 3.76. The number of piperazine rings is 1. The largest absolute Gasteiger partial charge is 0.377 e. The molecule has 0 saturated carbocycles. The van der Waals surface area contributed by atoms with E-state index in [1.54, 1.807) is 0 Å². The zero-order valence-electron chi connectivity index (χ0n) is 13.2. The molecule has 5 heteroatoms. The lowest BCUT2D eigenvalue weighted by Gasteiger charge is -2.39. The Bertz CT molecular complexity index is 349. The van der Waals surface area contributed by atoms with Gasteiger partial charge in [0.15, 0.2) is 0 Å². The van der Waals surface area contributed by atoms with Crippen LogP contribution >= 0.6 is 0 Å². The lowest BCUT2D eigenvalue weighted by atomic mass is 9.91. The number of carbonyl (C=O) groups excluding carboxylic acids is 1. The number of ether oxygens (including phenoxy) is 1. The molecule has 21 heavy (non-hydrogen) atoms. The van der Waals surface area contributed by atoms with Crippen LogP contribution in [-0.4, -0.2) is 73.7 Å². The van der Waals surface area contributed by atoms with Crippen LogP contribution in [0.3, 0.4) is 0 Å². The first-order valence-electron chi connectivity index (χ1n) is 8.60. The van der Waals surface area contributed by atoms with Gasteiger partial charge in [0.05, 0.1) is 12.1 Å². The van der Waals surface area contributed by atoms with Crippen molar-refractivity contribution in [3.05, 3.63) is 0 Å². The van der Waals surface area contributed by atoms with Gasteiger partial charge in [-0.15, -0.1) is 0 Å². The minimum Gasteiger partial charge on any atom is -0.377 e. The van der Waals surface area contributed by atoms with Gasteiger partial charge in [0, 0.05) is 39.3 Å². The maximum atomic E-state index is 12.6. The number of hydrogen-bond donors (Lipinski definition) is 1. The molecule has 1 amide bonds. The topological polar surface area (TPSA) is 44.8 Å². The summed E-state index contributed by atoms with van der Waals surface area (Å²) in [6.45, 7) is 8.88. The van der Waals surface area contributed by atoms with E-state index in [4.69, 9.17) is 4.74 Å². The molecule has 3 unspecified atom stereocenters. The Morgan fingerprint density at radius 3 is 2.67 bits per heavy atom. The average molecular weight is 295 g/mol. The molecular weight excluding hydrogens is 266 g/mol. The molecule has 0 spiro atoms. The lowest BCUT2D eigenvalue weighted by molar-refractivity contribution is -0.137. The van der Waals surface area contributed by atoms with Gasteiger partial charge >= 0.3 is 0 Å². The van der Waals surface area contributed by atoms with Crippen molar-refractivity contribution in [2.45, 2.75) is 44.8 Å². The third-order valence-corrected chi connectivity index (χ3v) is 5.21. The number of nitrogens with one attached hydrogen (secondary N) is 1. The van der Waals surface area contributed by atoms with Crippen molar-refractivity contribution in [1.29, 1.82) is 0 Å². The molecule has 3 heterocycles. The molecule has 120 valence electrons. The van der Waals surface area contributed by atoms with Crippen LogP contribution in [0.15, 0.2) is 0 Å². The second-order valence-corrected chi connectivity index (χ2v) is 6.81. The van der Waals surface area contributed by atoms with Gasteiger partial charge in [-0.1, -0.05) is 6.92 Å². The predicted molar refractivity (Wildman–Crippen MR) is 82.2 cm³/mol. The van der Waals surface area contributed by atoms with Gasteiger partial charge in [0.25, 0.3) is 0 Å². The second-order valence-electron chi connectivity index (χ2n) is 6.81. The highest BCUT2D eigenvalue weighted by atomic mass is 16.5. The van der Waals surface area contributed by atoms with Crippen molar-refractivity contribution in [2.75, 3.05) is 45.9 Å².